The normalized spacial score (nSPS) is 17.2. The minimum absolute atomic E-state index is 0.258. The van der Waals surface area contributed by atoms with Gasteiger partial charge >= 0.3 is 0 Å². The summed E-state index contributed by atoms with van der Waals surface area (Å²) >= 11 is 1.91. The van der Waals surface area contributed by atoms with Gasteiger partial charge in [0.1, 0.15) is 18.0 Å². The molecule has 110 valence electrons. The summed E-state index contributed by atoms with van der Waals surface area (Å²) in [5.41, 5.74) is 7.68. The minimum Gasteiger partial charge on any atom is -0.384 e. The summed E-state index contributed by atoms with van der Waals surface area (Å²) in [5.74, 6) is 2.38. The molecule has 22 heavy (non-hydrogen) atoms. The van der Waals surface area contributed by atoms with Gasteiger partial charge in [-0.3, -0.25) is 0 Å². The van der Waals surface area contributed by atoms with Gasteiger partial charge < -0.3 is 11.1 Å². The summed E-state index contributed by atoms with van der Waals surface area (Å²) in [7, 11) is 0. The van der Waals surface area contributed by atoms with Gasteiger partial charge in [0, 0.05) is 10.6 Å². The Labute approximate surface area is 132 Å². The zero-order valence-corrected chi connectivity index (χ0v) is 12.7. The van der Waals surface area contributed by atoms with Crippen LogP contribution in [0.4, 0.5) is 11.6 Å². The fourth-order valence-corrected chi connectivity index (χ4v) is 3.85. The fourth-order valence-electron chi connectivity index (χ4n) is 2.73. The first kappa shape index (κ1) is 13.3. The maximum Gasteiger partial charge on any atom is 0.166 e. The summed E-state index contributed by atoms with van der Waals surface area (Å²) in [6, 6.07) is 12.5. The molecule has 3 aromatic rings. The van der Waals surface area contributed by atoms with E-state index in [1.54, 1.807) is 6.07 Å². The highest BCUT2D eigenvalue weighted by molar-refractivity contribution is 7.99. The zero-order chi connectivity index (χ0) is 14.9. The molecular weight excluding hydrogens is 294 g/mol. The van der Waals surface area contributed by atoms with Crippen molar-refractivity contribution >= 4 is 34.4 Å². The number of benzene rings is 1. The van der Waals surface area contributed by atoms with E-state index in [0.29, 0.717) is 11.5 Å². The highest BCUT2D eigenvalue weighted by atomic mass is 32.2. The first-order valence-corrected chi connectivity index (χ1v) is 8.15. The Morgan fingerprint density at radius 1 is 1.14 bits per heavy atom. The average molecular weight is 309 g/mol. The Bertz CT molecular complexity index is 836. The van der Waals surface area contributed by atoms with Gasteiger partial charge in [-0.1, -0.05) is 18.2 Å². The third-order valence-electron chi connectivity index (χ3n) is 3.79. The van der Waals surface area contributed by atoms with E-state index < -0.39 is 0 Å². The number of nitrogens with one attached hydrogen (secondary N) is 1. The monoisotopic (exact) mass is 309 g/mol. The van der Waals surface area contributed by atoms with Crippen LogP contribution in [0.1, 0.15) is 18.0 Å². The van der Waals surface area contributed by atoms with Crippen LogP contribution in [-0.4, -0.2) is 20.7 Å². The molecule has 5 nitrogen and oxygen atoms in total. The van der Waals surface area contributed by atoms with Gasteiger partial charge in [0.25, 0.3) is 0 Å². The van der Waals surface area contributed by atoms with E-state index in [0.717, 1.165) is 23.4 Å². The van der Waals surface area contributed by atoms with Crippen molar-refractivity contribution in [2.75, 3.05) is 16.8 Å². The molecule has 3 heterocycles. The number of pyridine rings is 1. The van der Waals surface area contributed by atoms with Crippen LogP contribution in [0, 0.1) is 0 Å². The first-order valence-electron chi connectivity index (χ1n) is 7.17. The Morgan fingerprint density at radius 2 is 2.05 bits per heavy atom. The highest BCUT2D eigenvalue weighted by Crippen LogP contribution is 2.38. The molecule has 1 atom stereocenters. The maximum atomic E-state index is 5.73. The summed E-state index contributed by atoms with van der Waals surface area (Å²) in [6.07, 6.45) is 2.59. The van der Waals surface area contributed by atoms with Crippen LogP contribution in [0.5, 0.6) is 0 Å². The van der Waals surface area contributed by atoms with Crippen LogP contribution in [0.25, 0.3) is 11.0 Å². The SMILES string of the molecule is Nc1ccc2c(NC3CCSc4ccccc43)ncnc2n1. The molecule has 4 rings (SSSR count). The first-order chi connectivity index (χ1) is 10.8. The lowest BCUT2D eigenvalue weighted by Crippen LogP contribution is -2.17. The van der Waals surface area contributed by atoms with E-state index in [4.69, 9.17) is 5.73 Å². The van der Waals surface area contributed by atoms with Gasteiger partial charge in [0.15, 0.2) is 5.65 Å². The zero-order valence-electron chi connectivity index (χ0n) is 11.9. The van der Waals surface area contributed by atoms with E-state index in [1.165, 1.54) is 16.8 Å². The van der Waals surface area contributed by atoms with Crippen LogP contribution >= 0.6 is 11.8 Å². The van der Waals surface area contributed by atoms with Crippen LogP contribution in [0.2, 0.25) is 0 Å². The van der Waals surface area contributed by atoms with Crippen molar-refractivity contribution < 1.29 is 0 Å². The van der Waals surface area contributed by atoms with Crippen molar-refractivity contribution in [2.45, 2.75) is 17.4 Å². The number of hydrogen-bond acceptors (Lipinski definition) is 6. The molecule has 0 fully saturated rings. The number of thioether (sulfide) groups is 1. The second-order valence-electron chi connectivity index (χ2n) is 5.20. The second kappa shape index (κ2) is 5.46. The number of hydrogen-bond donors (Lipinski definition) is 2. The summed E-state index contributed by atoms with van der Waals surface area (Å²) < 4.78 is 0. The third kappa shape index (κ3) is 2.35. The number of fused-ring (bicyclic) bond motifs is 2. The number of nitrogen functional groups attached to an aromatic ring is 1. The Kier molecular flexibility index (Phi) is 3.31. The molecule has 0 radical (unpaired) electrons. The number of nitrogens with zero attached hydrogens (tertiary/aromatic N) is 3. The lowest BCUT2D eigenvalue weighted by molar-refractivity contribution is 0.725. The third-order valence-corrected chi connectivity index (χ3v) is 4.91. The molecule has 0 aliphatic carbocycles. The molecule has 1 unspecified atom stereocenters. The molecule has 1 aliphatic heterocycles. The molecule has 0 saturated heterocycles. The topological polar surface area (TPSA) is 76.7 Å². The summed E-state index contributed by atoms with van der Waals surface area (Å²) in [5, 5.41) is 4.45. The summed E-state index contributed by atoms with van der Waals surface area (Å²) in [6.45, 7) is 0. The molecule has 0 saturated carbocycles. The van der Waals surface area contributed by atoms with Gasteiger partial charge in [-0.25, -0.2) is 15.0 Å². The van der Waals surface area contributed by atoms with Gasteiger partial charge in [0.05, 0.1) is 11.4 Å². The van der Waals surface area contributed by atoms with Crippen molar-refractivity contribution in [1.29, 1.82) is 0 Å². The molecular formula is C16H15N5S. The smallest absolute Gasteiger partial charge is 0.166 e. The van der Waals surface area contributed by atoms with Crippen molar-refractivity contribution in [3.63, 3.8) is 0 Å². The summed E-state index contributed by atoms with van der Waals surface area (Å²) in [4.78, 5) is 14.2. The quantitative estimate of drug-likeness (QED) is 0.756. The molecule has 1 aromatic carbocycles. The average Bonchev–Trinajstić information content (AvgIpc) is 2.55. The van der Waals surface area contributed by atoms with Gasteiger partial charge in [-0.2, -0.15) is 0 Å². The van der Waals surface area contributed by atoms with E-state index in [2.05, 4.69) is 44.5 Å². The van der Waals surface area contributed by atoms with E-state index in [1.807, 2.05) is 17.8 Å². The highest BCUT2D eigenvalue weighted by Gasteiger charge is 2.21. The van der Waals surface area contributed by atoms with Gasteiger partial charge in [0.2, 0.25) is 0 Å². The molecule has 0 bridgehead atoms. The molecule has 6 heteroatoms. The Balaban J connectivity index is 1.73. The van der Waals surface area contributed by atoms with Crippen LogP contribution in [-0.2, 0) is 0 Å². The molecule has 0 spiro atoms. The van der Waals surface area contributed by atoms with Gasteiger partial charge in [-0.15, -0.1) is 11.8 Å². The number of nitrogens with two attached hydrogens (primary N) is 1. The van der Waals surface area contributed by atoms with Crippen molar-refractivity contribution in [1.82, 2.24) is 15.0 Å². The van der Waals surface area contributed by atoms with Gasteiger partial charge in [-0.05, 0) is 30.2 Å². The van der Waals surface area contributed by atoms with Crippen LogP contribution in [0.3, 0.4) is 0 Å². The van der Waals surface area contributed by atoms with E-state index >= 15 is 0 Å². The number of anilines is 2. The lowest BCUT2D eigenvalue weighted by atomic mass is 10.0. The largest absolute Gasteiger partial charge is 0.384 e. The molecule has 1 aliphatic rings. The predicted molar refractivity (Wildman–Crippen MR) is 89.9 cm³/mol. The van der Waals surface area contributed by atoms with Crippen molar-refractivity contribution in [3.8, 4) is 0 Å². The number of aromatic nitrogens is 3. The lowest BCUT2D eigenvalue weighted by Gasteiger charge is -2.26. The Hall–Kier alpha value is -2.34. The predicted octanol–water partition coefficient (Wildman–Crippen LogP) is 3.26. The second-order valence-corrected chi connectivity index (χ2v) is 6.34. The molecule has 3 N–H and O–H groups in total. The molecule has 2 aromatic heterocycles. The van der Waals surface area contributed by atoms with E-state index in [-0.39, 0.29) is 6.04 Å². The van der Waals surface area contributed by atoms with E-state index in [9.17, 15) is 0 Å². The van der Waals surface area contributed by atoms with Crippen molar-refractivity contribution in [3.05, 3.63) is 48.3 Å². The molecule has 0 amide bonds. The Morgan fingerprint density at radius 3 is 3.00 bits per heavy atom. The maximum absolute atomic E-state index is 5.73. The minimum atomic E-state index is 0.258. The van der Waals surface area contributed by atoms with Crippen LogP contribution in [0.15, 0.2) is 47.6 Å². The van der Waals surface area contributed by atoms with Crippen LogP contribution < -0.4 is 11.1 Å². The fraction of sp³-hybridized carbons (Fsp3) is 0.188. The standard InChI is InChI=1S/C16H15N5S/c17-14-6-5-11-15(18-9-19-16(11)21-14)20-12-7-8-22-13-4-2-1-3-10(12)13/h1-6,9,12H,7-8H2,(H3,17,18,19,20,21). The van der Waals surface area contributed by atoms with Crippen molar-refractivity contribution in [2.24, 2.45) is 0 Å². The number of rotatable bonds is 2.